The number of benzene rings is 1. The number of ether oxygens (including phenoxy) is 3. The molecule has 1 N–H and O–H groups in total. The summed E-state index contributed by atoms with van der Waals surface area (Å²) in [5, 5.41) is 11.3. The van der Waals surface area contributed by atoms with E-state index < -0.39 is 27.7 Å². The fourth-order valence-corrected chi connectivity index (χ4v) is 2.28. The van der Waals surface area contributed by atoms with Gasteiger partial charge in [-0.25, -0.2) is 9.78 Å². The highest BCUT2D eigenvalue weighted by Crippen LogP contribution is 2.43. The lowest BCUT2D eigenvalue weighted by Gasteiger charge is -2.13. The maximum absolute atomic E-state index is 12.2. The molecule has 2 aromatic rings. The Hall–Kier alpha value is -3.17. The summed E-state index contributed by atoms with van der Waals surface area (Å²) < 4.78 is 14.7. The monoisotopic (exact) mass is 323 g/mol. The van der Waals surface area contributed by atoms with Crippen molar-refractivity contribution < 1.29 is 23.9 Å². The number of aryl methyl sites for hydroxylation is 1. The van der Waals surface area contributed by atoms with E-state index in [4.69, 9.17) is 9.47 Å². The summed E-state index contributed by atoms with van der Waals surface area (Å²) in [7, 11) is 3.42. The second-order valence-corrected chi connectivity index (χ2v) is 4.41. The predicted octanol–water partition coefficient (Wildman–Crippen LogP) is 0.944. The molecule has 23 heavy (non-hydrogen) atoms. The number of nitro groups is 1. The Labute approximate surface area is 129 Å². The minimum absolute atomic E-state index is 0.0309. The van der Waals surface area contributed by atoms with E-state index in [2.05, 4.69) is 14.7 Å². The number of aromatic nitrogens is 2. The molecule has 1 aromatic heterocycles. The number of nitro benzene ring substituents is 1. The van der Waals surface area contributed by atoms with Crippen LogP contribution in [0.3, 0.4) is 0 Å². The molecule has 10 heteroatoms. The van der Waals surface area contributed by atoms with Gasteiger partial charge in [0, 0.05) is 0 Å². The molecule has 0 bridgehead atoms. The van der Waals surface area contributed by atoms with Crippen molar-refractivity contribution in [1.82, 2.24) is 9.97 Å². The summed E-state index contributed by atoms with van der Waals surface area (Å²) in [6.07, 6.45) is 0. The number of nitrogens with one attached hydrogen (secondary N) is 1. The lowest BCUT2D eigenvalue weighted by Crippen LogP contribution is -2.16. The zero-order valence-corrected chi connectivity index (χ0v) is 12.8. The molecule has 0 radical (unpaired) electrons. The molecule has 0 unspecified atom stereocenters. The van der Waals surface area contributed by atoms with E-state index in [1.807, 2.05) is 0 Å². The molecule has 0 spiro atoms. The average Bonchev–Trinajstić information content (AvgIpc) is 2.51. The topological polar surface area (TPSA) is 134 Å². The SMILES string of the molecule is COC(=O)c1c([N+](=O)[O-])c(OC)c2c(=O)[nH]c(C)nc2c1OC. The highest BCUT2D eigenvalue weighted by atomic mass is 16.6. The van der Waals surface area contributed by atoms with Crippen molar-refractivity contribution in [1.29, 1.82) is 0 Å². The molecule has 0 fully saturated rings. The predicted molar refractivity (Wildman–Crippen MR) is 78.2 cm³/mol. The smallest absolute Gasteiger partial charge is 0.349 e. The van der Waals surface area contributed by atoms with Crippen molar-refractivity contribution in [2.24, 2.45) is 0 Å². The van der Waals surface area contributed by atoms with Crippen LogP contribution in [0.1, 0.15) is 16.2 Å². The zero-order valence-electron chi connectivity index (χ0n) is 12.8. The molecular formula is C13H13N3O7. The Morgan fingerprint density at radius 1 is 1.22 bits per heavy atom. The van der Waals surface area contributed by atoms with Crippen LogP contribution in [0.15, 0.2) is 4.79 Å². The van der Waals surface area contributed by atoms with E-state index in [1.54, 1.807) is 0 Å². The third kappa shape index (κ3) is 2.43. The third-order valence-electron chi connectivity index (χ3n) is 3.14. The Kier molecular flexibility index (Phi) is 4.16. The van der Waals surface area contributed by atoms with Crippen LogP contribution < -0.4 is 15.0 Å². The number of methoxy groups -OCH3 is 3. The second kappa shape index (κ2) is 5.91. The fourth-order valence-electron chi connectivity index (χ4n) is 2.28. The molecule has 1 heterocycles. The average molecular weight is 323 g/mol. The molecule has 0 saturated carbocycles. The second-order valence-electron chi connectivity index (χ2n) is 4.41. The molecule has 0 aliphatic heterocycles. The van der Waals surface area contributed by atoms with Crippen LogP contribution in [0.5, 0.6) is 11.5 Å². The highest BCUT2D eigenvalue weighted by Gasteiger charge is 2.36. The van der Waals surface area contributed by atoms with E-state index >= 15 is 0 Å². The minimum atomic E-state index is -1.01. The fraction of sp³-hybridized carbons (Fsp3) is 0.308. The standard InChI is InChI=1S/C13H13N3O7/c1-5-14-8-6(12(17)15-5)11(22-3)9(16(19)20)7(10(8)21-2)13(18)23-4/h1-4H3,(H,14,15,17). The van der Waals surface area contributed by atoms with E-state index in [1.165, 1.54) is 14.0 Å². The van der Waals surface area contributed by atoms with Gasteiger partial charge in [0.2, 0.25) is 5.75 Å². The van der Waals surface area contributed by atoms with Gasteiger partial charge in [-0.3, -0.25) is 14.9 Å². The number of rotatable bonds is 4. The number of nitrogens with zero attached hydrogens (tertiary/aromatic N) is 2. The summed E-state index contributed by atoms with van der Waals surface area (Å²) >= 11 is 0. The van der Waals surface area contributed by atoms with Gasteiger partial charge in [0.05, 0.1) is 26.3 Å². The van der Waals surface area contributed by atoms with Gasteiger partial charge < -0.3 is 19.2 Å². The number of hydrogen-bond donors (Lipinski definition) is 1. The molecular weight excluding hydrogens is 310 g/mol. The van der Waals surface area contributed by atoms with Crippen molar-refractivity contribution in [3.63, 3.8) is 0 Å². The number of hydrogen-bond acceptors (Lipinski definition) is 8. The van der Waals surface area contributed by atoms with Gasteiger partial charge in [0.1, 0.15) is 16.7 Å². The molecule has 10 nitrogen and oxygen atoms in total. The number of esters is 1. The Morgan fingerprint density at radius 2 is 1.83 bits per heavy atom. The van der Waals surface area contributed by atoms with Crippen LogP contribution in [0.25, 0.3) is 10.9 Å². The molecule has 0 aliphatic carbocycles. The summed E-state index contributed by atoms with van der Waals surface area (Å²) in [5.74, 6) is -1.38. The van der Waals surface area contributed by atoms with E-state index in [0.29, 0.717) is 0 Å². The first-order valence-electron chi connectivity index (χ1n) is 6.28. The largest absolute Gasteiger partial charge is 0.493 e. The van der Waals surface area contributed by atoms with Crippen LogP contribution in [-0.2, 0) is 4.74 Å². The lowest BCUT2D eigenvalue weighted by atomic mass is 10.1. The van der Waals surface area contributed by atoms with E-state index in [9.17, 15) is 19.7 Å². The van der Waals surface area contributed by atoms with Crippen LogP contribution >= 0.6 is 0 Å². The molecule has 0 amide bonds. The highest BCUT2D eigenvalue weighted by molar-refractivity contribution is 6.07. The maximum atomic E-state index is 12.2. The Morgan fingerprint density at radius 3 is 2.30 bits per heavy atom. The molecule has 2 rings (SSSR count). The van der Waals surface area contributed by atoms with Crippen molar-refractivity contribution in [3.8, 4) is 11.5 Å². The van der Waals surface area contributed by atoms with Gasteiger partial charge in [-0.15, -0.1) is 0 Å². The van der Waals surface area contributed by atoms with Crippen molar-refractivity contribution in [2.75, 3.05) is 21.3 Å². The quantitative estimate of drug-likeness (QED) is 0.499. The summed E-state index contributed by atoms with van der Waals surface area (Å²) in [6.45, 7) is 1.52. The third-order valence-corrected chi connectivity index (χ3v) is 3.14. The number of H-pyrrole nitrogens is 1. The van der Waals surface area contributed by atoms with Crippen LogP contribution in [0.4, 0.5) is 5.69 Å². The van der Waals surface area contributed by atoms with Crippen molar-refractivity contribution in [2.45, 2.75) is 6.92 Å². The number of carbonyl (C=O) groups excluding carboxylic acids is 1. The van der Waals surface area contributed by atoms with Gasteiger partial charge in [-0.05, 0) is 6.92 Å². The van der Waals surface area contributed by atoms with Gasteiger partial charge in [0.25, 0.3) is 5.56 Å². The van der Waals surface area contributed by atoms with Gasteiger partial charge >= 0.3 is 11.7 Å². The Balaban J connectivity index is 3.21. The molecule has 0 atom stereocenters. The molecule has 0 saturated heterocycles. The van der Waals surface area contributed by atoms with Crippen LogP contribution in [-0.4, -0.2) is 42.2 Å². The first-order valence-corrected chi connectivity index (χ1v) is 6.28. The Bertz CT molecular complexity index is 872. The van der Waals surface area contributed by atoms with Crippen LogP contribution in [0.2, 0.25) is 0 Å². The number of carbonyl (C=O) groups is 1. The van der Waals surface area contributed by atoms with Crippen LogP contribution in [0, 0.1) is 17.0 Å². The van der Waals surface area contributed by atoms with Gasteiger partial charge in [-0.2, -0.15) is 0 Å². The van der Waals surface area contributed by atoms with Crippen molar-refractivity contribution >= 4 is 22.6 Å². The number of aromatic amines is 1. The summed E-state index contributed by atoms with van der Waals surface area (Å²) in [5.41, 5.74) is -1.87. The first-order chi connectivity index (χ1) is 10.9. The van der Waals surface area contributed by atoms with E-state index in [-0.39, 0.29) is 28.2 Å². The number of fused-ring (bicyclic) bond motifs is 1. The molecule has 122 valence electrons. The maximum Gasteiger partial charge on any atom is 0.349 e. The van der Waals surface area contributed by atoms with E-state index in [0.717, 1.165) is 14.2 Å². The zero-order chi connectivity index (χ0) is 17.3. The lowest BCUT2D eigenvalue weighted by molar-refractivity contribution is -0.386. The first kappa shape index (κ1) is 16.2. The molecule has 1 aromatic carbocycles. The van der Waals surface area contributed by atoms with Crippen molar-refractivity contribution in [3.05, 3.63) is 31.9 Å². The van der Waals surface area contributed by atoms with Gasteiger partial charge in [-0.1, -0.05) is 0 Å². The summed E-state index contributed by atoms with van der Waals surface area (Å²) in [4.78, 5) is 41.4. The van der Waals surface area contributed by atoms with Gasteiger partial charge in [0.15, 0.2) is 11.3 Å². The normalized spacial score (nSPS) is 10.4. The molecule has 0 aliphatic rings. The minimum Gasteiger partial charge on any atom is -0.493 e. The summed E-state index contributed by atoms with van der Waals surface area (Å²) in [6, 6.07) is 0.